The Labute approximate surface area is 240 Å². The lowest BCUT2D eigenvalue weighted by atomic mass is 9.88. The highest BCUT2D eigenvalue weighted by Crippen LogP contribution is 2.48. The van der Waals surface area contributed by atoms with Gasteiger partial charge >= 0.3 is 0 Å². The molecule has 7 aromatic rings. The fourth-order valence-corrected chi connectivity index (χ4v) is 6.41. The Morgan fingerprint density at radius 3 is 2.14 bits per heavy atom. The molecule has 0 fully saturated rings. The van der Waals surface area contributed by atoms with E-state index in [1.807, 2.05) is 30.3 Å². The molecule has 0 aliphatic carbocycles. The molecule has 0 spiro atoms. The normalized spacial score (nSPS) is 12.2. The summed E-state index contributed by atoms with van der Waals surface area (Å²) in [7, 11) is 0. The van der Waals surface area contributed by atoms with Crippen molar-refractivity contribution in [3.8, 4) is 44.8 Å². The molecule has 0 saturated heterocycles. The smallest absolute Gasteiger partial charge is 0.105 e. The van der Waals surface area contributed by atoms with Gasteiger partial charge in [-0.15, -0.1) is 10.2 Å². The monoisotopic (exact) mass is 535 g/mol. The molecule has 2 aliphatic heterocycles. The van der Waals surface area contributed by atoms with Gasteiger partial charge < -0.3 is 0 Å². The Kier molecular flexibility index (Phi) is 4.83. The maximum Gasteiger partial charge on any atom is 0.105 e. The van der Waals surface area contributed by atoms with Gasteiger partial charge in [0.05, 0.1) is 22.1 Å². The first-order chi connectivity index (χ1) is 20.8. The van der Waals surface area contributed by atoms with Crippen LogP contribution in [0, 0.1) is 10.4 Å². The summed E-state index contributed by atoms with van der Waals surface area (Å²) in [4.78, 5) is 10.1. The zero-order chi connectivity index (χ0) is 27.6. The minimum atomic E-state index is 0.772. The Bertz CT molecular complexity index is 2460. The van der Waals surface area contributed by atoms with E-state index < -0.39 is 0 Å². The highest BCUT2D eigenvalue weighted by Gasteiger charge is 2.27. The number of para-hydroxylation sites is 1. The number of hydrogen-bond donors (Lipinski definition) is 0. The van der Waals surface area contributed by atoms with Crippen LogP contribution < -0.4 is 10.7 Å². The van der Waals surface area contributed by atoms with E-state index in [1.54, 1.807) is 0 Å². The number of fused-ring (bicyclic) bond motifs is 7. The first-order valence-corrected chi connectivity index (χ1v) is 14.0. The van der Waals surface area contributed by atoms with Gasteiger partial charge in [-0.05, 0) is 45.8 Å². The highest BCUT2D eigenvalue weighted by atomic mass is 15.3. The van der Waals surface area contributed by atoms with Crippen molar-refractivity contribution >= 4 is 22.1 Å². The van der Waals surface area contributed by atoms with Crippen molar-refractivity contribution in [2.24, 2.45) is 9.98 Å². The van der Waals surface area contributed by atoms with Crippen LogP contribution in [0.25, 0.3) is 55.5 Å². The van der Waals surface area contributed by atoms with Crippen LogP contribution in [-0.4, -0.2) is 15.4 Å². The molecule has 0 bridgehead atoms. The average Bonchev–Trinajstić information content (AvgIpc) is 3.63. The molecule has 0 amide bonds. The Balaban J connectivity index is 1.39. The van der Waals surface area contributed by atoms with Gasteiger partial charge in [0, 0.05) is 38.3 Å². The van der Waals surface area contributed by atoms with E-state index in [0.29, 0.717) is 0 Å². The first kappa shape index (κ1) is 22.9. The van der Waals surface area contributed by atoms with Crippen molar-refractivity contribution in [3.63, 3.8) is 0 Å². The van der Waals surface area contributed by atoms with Gasteiger partial charge in [-0.2, -0.15) is 0 Å². The predicted molar refractivity (Wildman–Crippen MR) is 165 cm³/mol. The highest BCUT2D eigenvalue weighted by molar-refractivity contribution is 6.06. The second-order valence-corrected chi connectivity index (χ2v) is 10.6. The SMILES string of the molecule is c1ccc(-c2nnnc(-c3cccc4c3-c3c5c(ccc3=N4)=c3ccccc3=N5)c2-c2cccc3ccccc23)cc1. The van der Waals surface area contributed by atoms with Gasteiger partial charge in [-0.25, -0.2) is 9.98 Å². The second kappa shape index (κ2) is 8.85. The van der Waals surface area contributed by atoms with E-state index in [2.05, 4.69) is 107 Å². The van der Waals surface area contributed by atoms with Crippen LogP contribution in [-0.2, 0) is 0 Å². The fourth-order valence-electron chi connectivity index (χ4n) is 6.41. The van der Waals surface area contributed by atoms with Crippen molar-refractivity contribution in [3.05, 3.63) is 149 Å². The molecule has 194 valence electrons. The number of nitrogens with zero attached hydrogens (tertiary/aromatic N) is 5. The van der Waals surface area contributed by atoms with E-state index in [9.17, 15) is 0 Å². The van der Waals surface area contributed by atoms with Crippen LogP contribution in [0.4, 0.5) is 11.4 Å². The van der Waals surface area contributed by atoms with Crippen molar-refractivity contribution < 1.29 is 0 Å². The van der Waals surface area contributed by atoms with Crippen LogP contribution >= 0.6 is 0 Å². The second-order valence-electron chi connectivity index (χ2n) is 10.6. The standard InChI is InChI=1S/C37H21N5/c1-2-11-23(12-3-1)35-33(26-16-8-13-22-10-4-5-14-24(22)26)37(41-42-40-35)28-17-9-19-30-32(28)34-31(38-30)21-20-27-25-15-6-7-18-29(25)39-36(27)34/h1-21H. The molecular weight excluding hydrogens is 514 g/mol. The summed E-state index contributed by atoms with van der Waals surface area (Å²) in [5.74, 6) is 0. The summed E-state index contributed by atoms with van der Waals surface area (Å²) in [6, 6.07) is 43.8. The lowest BCUT2D eigenvalue weighted by Crippen LogP contribution is -2.03. The third-order valence-electron chi connectivity index (χ3n) is 8.24. The van der Waals surface area contributed by atoms with Gasteiger partial charge in [0.25, 0.3) is 0 Å². The first-order valence-electron chi connectivity index (χ1n) is 14.0. The molecular formula is C37H21N5. The van der Waals surface area contributed by atoms with E-state index in [0.717, 1.165) is 88.1 Å². The molecule has 0 atom stereocenters. The van der Waals surface area contributed by atoms with E-state index >= 15 is 0 Å². The van der Waals surface area contributed by atoms with Crippen molar-refractivity contribution in [2.45, 2.75) is 0 Å². The molecule has 1 aromatic heterocycles. The van der Waals surface area contributed by atoms with Gasteiger partial charge in [-0.3, -0.25) is 0 Å². The van der Waals surface area contributed by atoms with Crippen LogP contribution in [0.1, 0.15) is 0 Å². The molecule has 6 aromatic carbocycles. The van der Waals surface area contributed by atoms with E-state index in [1.165, 1.54) is 0 Å². The van der Waals surface area contributed by atoms with Gasteiger partial charge in [0.15, 0.2) is 0 Å². The number of hydrogen-bond acceptors (Lipinski definition) is 5. The molecule has 42 heavy (non-hydrogen) atoms. The molecule has 9 rings (SSSR count). The number of benzene rings is 6. The zero-order valence-corrected chi connectivity index (χ0v) is 22.4. The van der Waals surface area contributed by atoms with Crippen LogP contribution in [0.3, 0.4) is 0 Å². The van der Waals surface area contributed by atoms with Crippen LogP contribution in [0.2, 0.25) is 0 Å². The van der Waals surface area contributed by atoms with Crippen molar-refractivity contribution in [1.29, 1.82) is 0 Å². The molecule has 0 saturated carbocycles. The molecule has 3 heterocycles. The maximum absolute atomic E-state index is 5.10. The third kappa shape index (κ3) is 3.28. The topological polar surface area (TPSA) is 63.4 Å². The fraction of sp³-hybridized carbons (Fsp3) is 0. The van der Waals surface area contributed by atoms with E-state index in [4.69, 9.17) is 15.1 Å². The van der Waals surface area contributed by atoms with Crippen LogP contribution in [0.5, 0.6) is 0 Å². The summed E-state index contributed by atoms with van der Waals surface area (Å²) in [6.45, 7) is 0. The molecule has 0 radical (unpaired) electrons. The summed E-state index contributed by atoms with van der Waals surface area (Å²) < 4.78 is 0. The summed E-state index contributed by atoms with van der Waals surface area (Å²) in [5, 5.41) is 20.2. The summed E-state index contributed by atoms with van der Waals surface area (Å²) in [5.41, 5.74) is 9.46. The summed E-state index contributed by atoms with van der Waals surface area (Å²) >= 11 is 0. The largest absolute Gasteiger partial charge is 0.248 e. The lowest BCUT2D eigenvalue weighted by molar-refractivity contribution is 0.879. The molecule has 0 N–H and O–H groups in total. The minimum Gasteiger partial charge on any atom is -0.248 e. The van der Waals surface area contributed by atoms with E-state index in [-0.39, 0.29) is 0 Å². The third-order valence-corrected chi connectivity index (χ3v) is 8.24. The van der Waals surface area contributed by atoms with Crippen molar-refractivity contribution in [1.82, 2.24) is 15.4 Å². The lowest BCUT2D eigenvalue weighted by Gasteiger charge is -2.17. The van der Waals surface area contributed by atoms with Gasteiger partial charge in [0.2, 0.25) is 0 Å². The maximum atomic E-state index is 5.10. The summed E-state index contributed by atoms with van der Waals surface area (Å²) in [6.07, 6.45) is 0. The molecule has 0 unspecified atom stereocenters. The van der Waals surface area contributed by atoms with Crippen LogP contribution in [0.15, 0.2) is 137 Å². The molecule has 2 aliphatic rings. The number of aromatic nitrogens is 3. The molecule has 5 nitrogen and oxygen atoms in total. The Morgan fingerprint density at radius 1 is 0.429 bits per heavy atom. The number of rotatable bonds is 3. The molecule has 5 heteroatoms. The predicted octanol–water partition coefficient (Wildman–Crippen LogP) is 7.51. The van der Waals surface area contributed by atoms with Gasteiger partial charge in [-0.1, -0.05) is 103 Å². The Hall–Kier alpha value is -5.81. The zero-order valence-electron chi connectivity index (χ0n) is 22.4. The van der Waals surface area contributed by atoms with Crippen molar-refractivity contribution in [2.75, 3.05) is 0 Å². The average molecular weight is 536 g/mol. The Morgan fingerprint density at radius 2 is 1.19 bits per heavy atom. The minimum absolute atomic E-state index is 0.772. The quantitative estimate of drug-likeness (QED) is 0.235. The van der Waals surface area contributed by atoms with Gasteiger partial charge in [0.1, 0.15) is 11.4 Å².